The third-order valence-corrected chi connectivity index (χ3v) is 2.15. The van der Waals surface area contributed by atoms with Crippen molar-refractivity contribution in [2.24, 2.45) is 5.73 Å². The average Bonchev–Trinajstić information content (AvgIpc) is 2.30. The lowest BCUT2D eigenvalue weighted by Crippen LogP contribution is -2.12. The van der Waals surface area contributed by atoms with Crippen molar-refractivity contribution in [3.05, 3.63) is 28.8 Å². The second kappa shape index (κ2) is 5.62. The number of nitrogens with two attached hydrogens (primary N) is 1. The van der Waals surface area contributed by atoms with E-state index in [1.807, 2.05) is 0 Å². The highest BCUT2D eigenvalue weighted by atomic mass is 19.3. The van der Waals surface area contributed by atoms with Crippen LogP contribution in [0, 0.1) is 5.95 Å². The molecule has 94 valence electrons. The van der Waals surface area contributed by atoms with Gasteiger partial charge in [0.2, 0.25) is 5.95 Å². The number of methoxy groups -OCH3 is 1. The van der Waals surface area contributed by atoms with E-state index in [1.54, 1.807) is 0 Å². The number of alkyl halides is 2. The minimum atomic E-state index is -2.91. The van der Waals surface area contributed by atoms with Crippen LogP contribution >= 0.6 is 0 Å². The lowest BCUT2D eigenvalue weighted by molar-refractivity contribution is -0.139. The molecule has 0 saturated carbocycles. The molecule has 0 atom stereocenters. The maximum Gasteiger partial charge on any atom is 0.310 e. The van der Waals surface area contributed by atoms with Crippen LogP contribution in [-0.4, -0.2) is 18.1 Å². The summed E-state index contributed by atoms with van der Waals surface area (Å²) in [4.78, 5) is 14.1. The molecular weight excluding hydrogens is 237 g/mol. The molecule has 1 aromatic rings. The highest BCUT2D eigenvalue weighted by molar-refractivity contribution is 5.72. The van der Waals surface area contributed by atoms with Crippen LogP contribution < -0.4 is 5.73 Å². The first-order valence-electron chi connectivity index (χ1n) is 4.72. The molecule has 0 fully saturated rings. The summed E-state index contributed by atoms with van der Waals surface area (Å²) in [7, 11) is 1.14. The molecule has 4 nitrogen and oxygen atoms in total. The Balaban J connectivity index is 3.13. The van der Waals surface area contributed by atoms with Crippen LogP contribution in [0.15, 0.2) is 6.07 Å². The molecule has 0 aliphatic carbocycles. The summed E-state index contributed by atoms with van der Waals surface area (Å²) in [6, 6.07) is 1.11. The number of hydrogen-bond donors (Lipinski definition) is 1. The molecule has 1 heterocycles. The van der Waals surface area contributed by atoms with Crippen molar-refractivity contribution < 1.29 is 22.7 Å². The van der Waals surface area contributed by atoms with Crippen molar-refractivity contribution in [3.8, 4) is 0 Å². The predicted octanol–water partition coefficient (Wildman–Crippen LogP) is 1.33. The molecule has 0 aliphatic heterocycles. The highest BCUT2D eigenvalue weighted by Crippen LogP contribution is 2.23. The molecule has 1 aromatic heterocycles. The number of ether oxygens (including phenoxy) is 1. The molecule has 0 aliphatic rings. The van der Waals surface area contributed by atoms with E-state index < -0.39 is 24.0 Å². The zero-order valence-electron chi connectivity index (χ0n) is 9.04. The third-order valence-electron chi connectivity index (χ3n) is 2.15. The number of carbonyl (C=O) groups excluding carboxylic acids is 1. The van der Waals surface area contributed by atoms with Gasteiger partial charge in [-0.05, 0) is 11.6 Å². The Hall–Kier alpha value is -1.63. The number of aromatic nitrogens is 1. The van der Waals surface area contributed by atoms with Gasteiger partial charge in [-0.1, -0.05) is 0 Å². The first kappa shape index (κ1) is 13.4. The van der Waals surface area contributed by atoms with Crippen molar-refractivity contribution in [2.75, 3.05) is 7.11 Å². The van der Waals surface area contributed by atoms with Crippen molar-refractivity contribution in [2.45, 2.75) is 19.4 Å². The van der Waals surface area contributed by atoms with Gasteiger partial charge >= 0.3 is 5.97 Å². The fraction of sp³-hybridized carbons (Fsp3) is 0.400. The van der Waals surface area contributed by atoms with E-state index in [-0.39, 0.29) is 24.1 Å². The predicted molar refractivity (Wildman–Crippen MR) is 52.8 cm³/mol. The summed E-state index contributed by atoms with van der Waals surface area (Å²) in [6.45, 7) is -0.207. The Bertz CT molecular complexity index is 424. The van der Waals surface area contributed by atoms with E-state index >= 15 is 0 Å². The number of halogens is 3. The zero-order valence-corrected chi connectivity index (χ0v) is 9.04. The van der Waals surface area contributed by atoms with Gasteiger partial charge in [0, 0.05) is 12.1 Å². The second-order valence-corrected chi connectivity index (χ2v) is 3.24. The van der Waals surface area contributed by atoms with Crippen molar-refractivity contribution in [3.63, 3.8) is 0 Å². The Labute approximate surface area is 95.6 Å². The lowest BCUT2D eigenvalue weighted by Gasteiger charge is -2.09. The number of hydrogen-bond acceptors (Lipinski definition) is 4. The Morgan fingerprint density at radius 2 is 2.18 bits per heavy atom. The first-order valence-corrected chi connectivity index (χ1v) is 4.72. The minimum Gasteiger partial charge on any atom is -0.469 e. The van der Waals surface area contributed by atoms with E-state index in [9.17, 15) is 18.0 Å². The van der Waals surface area contributed by atoms with Crippen molar-refractivity contribution in [1.82, 2.24) is 4.98 Å². The Morgan fingerprint density at radius 3 is 2.65 bits per heavy atom. The van der Waals surface area contributed by atoms with Gasteiger partial charge in [-0.15, -0.1) is 0 Å². The number of carbonyl (C=O) groups is 1. The first-order chi connectivity index (χ1) is 7.99. The van der Waals surface area contributed by atoms with Crippen LogP contribution in [0.1, 0.15) is 23.2 Å². The average molecular weight is 248 g/mol. The van der Waals surface area contributed by atoms with Gasteiger partial charge in [-0.25, -0.2) is 13.8 Å². The molecule has 17 heavy (non-hydrogen) atoms. The van der Waals surface area contributed by atoms with E-state index in [2.05, 4.69) is 9.72 Å². The van der Waals surface area contributed by atoms with Gasteiger partial charge in [0.15, 0.2) is 0 Å². The highest BCUT2D eigenvalue weighted by Gasteiger charge is 2.19. The summed E-state index contributed by atoms with van der Waals surface area (Å²) >= 11 is 0. The maximum atomic E-state index is 13.3. The van der Waals surface area contributed by atoms with Gasteiger partial charge in [0.25, 0.3) is 6.43 Å². The Morgan fingerprint density at radius 1 is 1.53 bits per heavy atom. The molecule has 0 bridgehead atoms. The zero-order chi connectivity index (χ0) is 13.0. The van der Waals surface area contributed by atoms with Gasteiger partial charge in [-0.3, -0.25) is 4.79 Å². The third kappa shape index (κ3) is 3.16. The maximum absolute atomic E-state index is 13.3. The standard InChI is InChI=1S/C10H11F3N2O2/c1-17-7(16)3-5-2-6(4-14)8(9(11)12)15-10(5)13/h2,9H,3-4,14H2,1H3. The minimum absolute atomic E-state index is 0.0142. The van der Waals surface area contributed by atoms with E-state index in [1.165, 1.54) is 0 Å². The van der Waals surface area contributed by atoms with Gasteiger partial charge < -0.3 is 10.5 Å². The van der Waals surface area contributed by atoms with Crippen LogP contribution in [-0.2, 0) is 22.5 Å². The molecule has 0 saturated heterocycles. The second-order valence-electron chi connectivity index (χ2n) is 3.24. The smallest absolute Gasteiger partial charge is 0.310 e. The molecule has 2 N–H and O–H groups in total. The fourth-order valence-electron chi connectivity index (χ4n) is 1.30. The number of nitrogens with zero attached hydrogens (tertiary/aromatic N) is 1. The number of rotatable bonds is 4. The van der Waals surface area contributed by atoms with Crippen LogP contribution in [0.25, 0.3) is 0 Å². The van der Waals surface area contributed by atoms with E-state index in [4.69, 9.17) is 5.73 Å². The van der Waals surface area contributed by atoms with Crippen LogP contribution in [0.2, 0.25) is 0 Å². The molecule has 0 unspecified atom stereocenters. The van der Waals surface area contributed by atoms with E-state index in [0.29, 0.717) is 0 Å². The topological polar surface area (TPSA) is 65.2 Å². The van der Waals surface area contributed by atoms with Gasteiger partial charge in [0.05, 0.1) is 13.5 Å². The normalized spacial score (nSPS) is 10.7. The number of esters is 1. The Kier molecular flexibility index (Phi) is 4.45. The molecule has 0 spiro atoms. The summed E-state index contributed by atoms with van der Waals surface area (Å²) in [5.74, 6) is -1.79. The molecule has 0 aromatic carbocycles. The van der Waals surface area contributed by atoms with Crippen molar-refractivity contribution in [1.29, 1.82) is 0 Å². The summed E-state index contributed by atoms with van der Waals surface area (Å²) < 4.78 is 42.6. The summed E-state index contributed by atoms with van der Waals surface area (Å²) in [6.07, 6.45) is -3.28. The van der Waals surface area contributed by atoms with Gasteiger partial charge in [-0.2, -0.15) is 4.39 Å². The summed E-state index contributed by atoms with van der Waals surface area (Å²) in [5, 5.41) is 0. The van der Waals surface area contributed by atoms with Crippen LogP contribution in [0.4, 0.5) is 13.2 Å². The molecule has 7 heteroatoms. The molecule has 0 radical (unpaired) electrons. The monoisotopic (exact) mass is 248 g/mol. The van der Waals surface area contributed by atoms with Crippen LogP contribution in [0.3, 0.4) is 0 Å². The summed E-state index contributed by atoms with van der Waals surface area (Å²) in [5.41, 5.74) is 4.47. The lowest BCUT2D eigenvalue weighted by atomic mass is 10.1. The van der Waals surface area contributed by atoms with Crippen LogP contribution in [0.5, 0.6) is 0 Å². The largest absolute Gasteiger partial charge is 0.469 e. The van der Waals surface area contributed by atoms with Gasteiger partial charge in [0.1, 0.15) is 5.69 Å². The molecule has 1 rings (SSSR count). The fourth-order valence-corrected chi connectivity index (χ4v) is 1.30. The SMILES string of the molecule is COC(=O)Cc1cc(CN)c(C(F)F)nc1F. The number of pyridine rings is 1. The quantitative estimate of drug-likeness (QED) is 0.645. The molecular formula is C10H11F3N2O2. The van der Waals surface area contributed by atoms with E-state index in [0.717, 1.165) is 13.2 Å². The molecule has 0 amide bonds. The van der Waals surface area contributed by atoms with Crippen molar-refractivity contribution >= 4 is 5.97 Å².